The van der Waals surface area contributed by atoms with Crippen LogP contribution in [0.15, 0.2) is 87.4 Å². The molecule has 1 aromatic carbocycles. The third-order valence-corrected chi connectivity index (χ3v) is 4.56. The minimum absolute atomic E-state index is 0.229. The minimum atomic E-state index is -0.278. The Morgan fingerprint density at radius 3 is 2.93 bits per heavy atom. The van der Waals surface area contributed by atoms with Crippen LogP contribution in [0.3, 0.4) is 0 Å². The number of allylic oxidation sites excluding steroid dienone is 5. The van der Waals surface area contributed by atoms with E-state index in [0.717, 1.165) is 0 Å². The Morgan fingerprint density at radius 1 is 1.34 bits per heavy atom. The molecule has 1 N–H and O–H groups in total. The first kappa shape index (κ1) is 20.7. The lowest BCUT2D eigenvalue weighted by atomic mass is 10.1. The van der Waals surface area contributed by atoms with Crippen molar-refractivity contribution in [3.8, 4) is 0 Å². The molecule has 0 saturated carbocycles. The molecule has 0 spiro atoms. The summed E-state index contributed by atoms with van der Waals surface area (Å²) in [6.45, 7) is 3.82. The van der Waals surface area contributed by atoms with Gasteiger partial charge in [0.05, 0.1) is 18.1 Å². The molecular weight excluding hydrogens is 411 g/mol. The third kappa shape index (κ3) is 5.73. The number of nitrogens with zero attached hydrogens (tertiary/aromatic N) is 1. The first-order valence-corrected chi connectivity index (χ1v) is 9.64. The molecule has 1 atom stereocenters. The Hall–Kier alpha value is -3.02. The van der Waals surface area contributed by atoms with Gasteiger partial charge in [0, 0.05) is 16.8 Å². The highest BCUT2D eigenvalue weighted by atomic mass is 35.5. The molecule has 1 amide bonds. The van der Waals surface area contributed by atoms with Gasteiger partial charge >= 0.3 is 0 Å². The van der Waals surface area contributed by atoms with Crippen LogP contribution in [0.25, 0.3) is 17.2 Å². The van der Waals surface area contributed by atoms with E-state index in [9.17, 15) is 4.79 Å². The summed E-state index contributed by atoms with van der Waals surface area (Å²) in [5.74, 6) is 0.830. The van der Waals surface area contributed by atoms with Gasteiger partial charge in [0.25, 0.3) is 0 Å². The average molecular weight is 429 g/mol. The topological polar surface area (TPSA) is 68.3 Å². The third-order valence-electron chi connectivity index (χ3n) is 3.88. The van der Waals surface area contributed by atoms with Crippen molar-refractivity contribution in [1.29, 1.82) is 0 Å². The number of nitrogens with one attached hydrogen (secondary N) is 1. The van der Waals surface area contributed by atoms with E-state index < -0.39 is 0 Å². The summed E-state index contributed by atoms with van der Waals surface area (Å²) in [5.41, 5.74) is 1.84. The molecule has 1 unspecified atom stereocenters. The van der Waals surface area contributed by atoms with Crippen molar-refractivity contribution >= 4 is 52.0 Å². The van der Waals surface area contributed by atoms with Crippen LogP contribution in [-0.2, 0) is 4.79 Å². The number of aromatic nitrogens is 1. The summed E-state index contributed by atoms with van der Waals surface area (Å²) >= 11 is 11.5. The average Bonchev–Trinajstić information content (AvgIpc) is 3.38. The van der Waals surface area contributed by atoms with Gasteiger partial charge in [-0.05, 0) is 42.5 Å². The normalized spacial score (nSPS) is 13.4. The fourth-order valence-electron chi connectivity index (χ4n) is 2.48. The molecule has 0 radical (unpaired) electrons. The van der Waals surface area contributed by atoms with Crippen LogP contribution in [0.4, 0.5) is 5.69 Å². The lowest BCUT2D eigenvalue weighted by molar-refractivity contribution is -0.111. The number of fused-ring (bicyclic) bond motifs is 1. The molecule has 0 bridgehead atoms. The molecule has 0 fully saturated rings. The van der Waals surface area contributed by atoms with Crippen molar-refractivity contribution in [2.75, 3.05) is 11.2 Å². The van der Waals surface area contributed by atoms with Crippen molar-refractivity contribution in [3.05, 3.63) is 90.2 Å². The molecule has 2 aromatic heterocycles. The van der Waals surface area contributed by atoms with E-state index >= 15 is 0 Å². The van der Waals surface area contributed by atoms with Crippen molar-refractivity contribution in [1.82, 2.24) is 4.98 Å². The van der Waals surface area contributed by atoms with Gasteiger partial charge < -0.3 is 14.2 Å². The molecule has 29 heavy (non-hydrogen) atoms. The summed E-state index contributed by atoms with van der Waals surface area (Å²) in [5, 5.41) is 3.32. The highest BCUT2D eigenvalue weighted by Gasteiger charge is 2.13. The van der Waals surface area contributed by atoms with Gasteiger partial charge in [0.15, 0.2) is 5.58 Å². The molecule has 5 nitrogen and oxygen atoms in total. The number of halogens is 2. The zero-order chi connectivity index (χ0) is 20.6. The number of rotatable bonds is 8. The Morgan fingerprint density at radius 2 is 2.21 bits per heavy atom. The predicted molar refractivity (Wildman–Crippen MR) is 117 cm³/mol. The number of anilines is 1. The van der Waals surface area contributed by atoms with E-state index in [0.29, 0.717) is 33.5 Å². The molecule has 0 saturated heterocycles. The molecule has 3 rings (SSSR count). The molecule has 3 aromatic rings. The maximum absolute atomic E-state index is 12.1. The first-order valence-electron chi connectivity index (χ1n) is 8.73. The van der Waals surface area contributed by atoms with Gasteiger partial charge in [-0.2, -0.15) is 0 Å². The number of carbonyl (C=O) groups excluding carboxylic acids is 1. The number of carbonyl (C=O) groups is 1. The quantitative estimate of drug-likeness (QED) is 0.199. The van der Waals surface area contributed by atoms with Gasteiger partial charge in [0.1, 0.15) is 11.3 Å². The number of furan rings is 1. The SMILES string of the molecule is C=CC(/C=C\C=C(\Cl)CCl)c1nc2cc(NC(=O)/C=C/c3ccco3)ccc2o1. The van der Waals surface area contributed by atoms with Crippen LogP contribution in [-0.4, -0.2) is 16.8 Å². The fourth-order valence-corrected chi connectivity index (χ4v) is 2.64. The van der Waals surface area contributed by atoms with Crippen molar-refractivity contribution in [2.45, 2.75) is 5.92 Å². The zero-order valence-electron chi connectivity index (χ0n) is 15.3. The standard InChI is InChI=1S/C22H18Cl2N2O3/c1-2-15(5-3-6-16(24)14-23)22-26-19-13-17(8-10-20(19)29-22)25-21(27)11-9-18-7-4-12-28-18/h2-13,15H,1,14H2,(H,25,27)/b5-3-,11-9+,16-6+. The van der Waals surface area contributed by atoms with E-state index in [2.05, 4.69) is 16.9 Å². The largest absolute Gasteiger partial charge is 0.465 e. The van der Waals surface area contributed by atoms with Crippen LogP contribution < -0.4 is 5.32 Å². The summed E-state index contributed by atoms with van der Waals surface area (Å²) in [7, 11) is 0. The summed E-state index contributed by atoms with van der Waals surface area (Å²) in [6.07, 6.45) is 11.6. The van der Waals surface area contributed by atoms with Crippen LogP contribution in [0, 0.1) is 0 Å². The lowest BCUT2D eigenvalue weighted by Gasteiger charge is -2.00. The molecule has 0 aliphatic rings. The number of oxazole rings is 1. The number of hydrogen-bond donors (Lipinski definition) is 1. The smallest absolute Gasteiger partial charge is 0.248 e. The second-order valence-electron chi connectivity index (χ2n) is 5.97. The number of amides is 1. The Kier molecular flexibility index (Phi) is 7.11. The fraction of sp³-hybridized carbons (Fsp3) is 0.0909. The Bertz CT molecular complexity index is 1080. The Balaban J connectivity index is 1.73. The first-order chi connectivity index (χ1) is 14.1. The number of benzene rings is 1. The predicted octanol–water partition coefficient (Wildman–Crippen LogP) is 6.26. The van der Waals surface area contributed by atoms with Gasteiger partial charge in [-0.3, -0.25) is 4.79 Å². The maximum atomic E-state index is 12.1. The number of hydrogen-bond acceptors (Lipinski definition) is 4. The van der Waals surface area contributed by atoms with E-state index in [-0.39, 0.29) is 17.7 Å². The van der Waals surface area contributed by atoms with E-state index in [4.69, 9.17) is 32.0 Å². The van der Waals surface area contributed by atoms with E-state index in [1.54, 1.807) is 60.9 Å². The molecule has 0 aliphatic heterocycles. The number of alkyl halides is 1. The van der Waals surface area contributed by atoms with Crippen LogP contribution >= 0.6 is 23.2 Å². The summed E-state index contributed by atoms with van der Waals surface area (Å²) in [4.78, 5) is 16.6. The van der Waals surface area contributed by atoms with Gasteiger partial charge in [-0.15, -0.1) is 18.2 Å². The van der Waals surface area contributed by atoms with Crippen LogP contribution in [0.1, 0.15) is 17.6 Å². The summed E-state index contributed by atoms with van der Waals surface area (Å²) < 4.78 is 11.0. The molecule has 7 heteroatoms. The Labute approximate surface area is 178 Å². The lowest BCUT2D eigenvalue weighted by Crippen LogP contribution is -2.07. The molecular formula is C22H18Cl2N2O3. The van der Waals surface area contributed by atoms with Gasteiger partial charge in [0.2, 0.25) is 11.8 Å². The van der Waals surface area contributed by atoms with Crippen LogP contribution in [0.5, 0.6) is 0 Å². The molecule has 0 aliphatic carbocycles. The van der Waals surface area contributed by atoms with Crippen molar-refractivity contribution in [2.24, 2.45) is 0 Å². The van der Waals surface area contributed by atoms with Gasteiger partial charge in [-0.1, -0.05) is 29.8 Å². The molecule has 2 heterocycles. The minimum Gasteiger partial charge on any atom is -0.465 e. The van der Waals surface area contributed by atoms with Crippen molar-refractivity contribution in [3.63, 3.8) is 0 Å². The molecule has 148 valence electrons. The summed E-state index contributed by atoms with van der Waals surface area (Å²) in [6, 6.07) is 8.76. The monoisotopic (exact) mass is 428 g/mol. The van der Waals surface area contributed by atoms with E-state index in [1.165, 1.54) is 6.08 Å². The second-order valence-corrected chi connectivity index (χ2v) is 6.72. The zero-order valence-corrected chi connectivity index (χ0v) is 16.9. The maximum Gasteiger partial charge on any atom is 0.248 e. The van der Waals surface area contributed by atoms with Crippen molar-refractivity contribution < 1.29 is 13.6 Å². The van der Waals surface area contributed by atoms with Gasteiger partial charge in [-0.25, -0.2) is 4.98 Å². The highest BCUT2D eigenvalue weighted by molar-refractivity contribution is 6.35. The highest BCUT2D eigenvalue weighted by Crippen LogP contribution is 2.26. The van der Waals surface area contributed by atoms with E-state index in [1.807, 2.05) is 6.08 Å². The van der Waals surface area contributed by atoms with Crippen LogP contribution in [0.2, 0.25) is 0 Å². The second kappa shape index (κ2) is 9.96.